The van der Waals surface area contributed by atoms with Gasteiger partial charge in [0.15, 0.2) is 0 Å². The molecule has 2 rings (SSSR count). The zero-order valence-corrected chi connectivity index (χ0v) is 11.5. The molecule has 1 spiro atoms. The molecule has 2 aliphatic rings. The molecule has 0 radical (unpaired) electrons. The molecule has 2 fully saturated rings. The summed E-state index contributed by atoms with van der Waals surface area (Å²) in [7, 11) is 1.44. The molecule has 1 aliphatic heterocycles. The second-order valence-electron chi connectivity index (χ2n) is 5.78. The van der Waals surface area contributed by atoms with E-state index in [1.165, 1.54) is 32.8 Å². The number of carbonyl (C=O) groups is 1. The van der Waals surface area contributed by atoms with Gasteiger partial charge < -0.3 is 14.8 Å². The first kappa shape index (κ1) is 13.8. The first-order valence-electron chi connectivity index (χ1n) is 7.10. The maximum Gasteiger partial charge on any atom is 0.307 e. The van der Waals surface area contributed by atoms with Crippen molar-refractivity contribution in [2.45, 2.75) is 69.6 Å². The predicted molar refractivity (Wildman–Crippen MR) is 69.4 cm³/mol. The Bertz CT molecular complexity index is 287. The Morgan fingerprint density at radius 1 is 1.50 bits per heavy atom. The molecule has 1 saturated carbocycles. The molecular weight excluding hydrogens is 230 g/mol. The van der Waals surface area contributed by atoms with Gasteiger partial charge in [0.25, 0.3) is 0 Å². The van der Waals surface area contributed by atoms with E-state index in [1.807, 2.05) is 6.92 Å². The number of esters is 1. The highest BCUT2D eigenvalue weighted by Crippen LogP contribution is 2.40. The average Bonchev–Trinajstić information content (AvgIpc) is 2.77. The Morgan fingerprint density at radius 2 is 2.22 bits per heavy atom. The molecule has 18 heavy (non-hydrogen) atoms. The van der Waals surface area contributed by atoms with Gasteiger partial charge in [0.1, 0.15) is 0 Å². The molecule has 2 atom stereocenters. The number of rotatable bonds is 4. The molecule has 4 heteroatoms. The van der Waals surface area contributed by atoms with Crippen molar-refractivity contribution in [2.75, 3.05) is 13.7 Å². The van der Waals surface area contributed by atoms with Crippen LogP contribution in [-0.2, 0) is 14.3 Å². The molecule has 0 bridgehead atoms. The van der Waals surface area contributed by atoms with Gasteiger partial charge in [-0.1, -0.05) is 12.8 Å². The third-order valence-electron chi connectivity index (χ3n) is 4.23. The molecular formula is C14H25NO3. The van der Waals surface area contributed by atoms with Crippen LogP contribution in [0.3, 0.4) is 0 Å². The number of carbonyl (C=O) groups excluding carboxylic acids is 1. The van der Waals surface area contributed by atoms with E-state index in [0.717, 1.165) is 19.4 Å². The normalized spacial score (nSPS) is 28.2. The second kappa shape index (κ2) is 6.02. The van der Waals surface area contributed by atoms with Gasteiger partial charge in [0, 0.05) is 18.7 Å². The van der Waals surface area contributed by atoms with Gasteiger partial charge in [-0.2, -0.15) is 0 Å². The number of hydrogen-bond donors (Lipinski definition) is 1. The highest BCUT2D eigenvalue weighted by atomic mass is 16.5. The Hall–Kier alpha value is -0.610. The van der Waals surface area contributed by atoms with E-state index in [4.69, 9.17) is 9.47 Å². The van der Waals surface area contributed by atoms with E-state index >= 15 is 0 Å². The van der Waals surface area contributed by atoms with Crippen molar-refractivity contribution in [3.63, 3.8) is 0 Å². The van der Waals surface area contributed by atoms with Crippen LogP contribution in [-0.4, -0.2) is 37.4 Å². The summed E-state index contributed by atoms with van der Waals surface area (Å²) in [5, 5.41) is 3.55. The van der Waals surface area contributed by atoms with E-state index < -0.39 is 0 Å². The summed E-state index contributed by atoms with van der Waals surface area (Å²) >= 11 is 0. The van der Waals surface area contributed by atoms with Gasteiger partial charge in [-0.15, -0.1) is 0 Å². The summed E-state index contributed by atoms with van der Waals surface area (Å²) in [5.74, 6) is -0.141. The Labute approximate surface area is 109 Å². The van der Waals surface area contributed by atoms with Crippen LogP contribution in [0.4, 0.5) is 0 Å². The minimum atomic E-state index is -0.141. The highest BCUT2D eigenvalue weighted by molar-refractivity contribution is 5.69. The predicted octanol–water partition coefficient (Wildman–Crippen LogP) is 2.02. The fourth-order valence-electron chi connectivity index (χ4n) is 3.33. The quantitative estimate of drug-likeness (QED) is 0.781. The SMILES string of the molecule is COC(=O)CC(C)NC1CCOC2(CCCC2)C1. The van der Waals surface area contributed by atoms with E-state index in [0.29, 0.717) is 12.5 Å². The summed E-state index contributed by atoms with van der Waals surface area (Å²) in [6.07, 6.45) is 7.59. The van der Waals surface area contributed by atoms with Gasteiger partial charge in [-0.3, -0.25) is 4.79 Å². The van der Waals surface area contributed by atoms with E-state index in [-0.39, 0.29) is 17.6 Å². The Morgan fingerprint density at radius 3 is 2.89 bits per heavy atom. The lowest BCUT2D eigenvalue weighted by molar-refractivity contribution is -0.141. The largest absolute Gasteiger partial charge is 0.469 e. The molecule has 0 aromatic carbocycles. The van der Waals surface area contributed by atoms with Crippen LogP contribution in [0.15, 0.2) is 0 Å². The molecule has 1 N–H and O–H groups in total. The summed E-state index contributed by atoms with van der Waals surface area (Å²) in [6.45, 7) is 2.90. The summed E-state index contributed by atoms with van der Waals surface area (Å²) in [5.41, 5.74) is 0.140. The van der Waals surface area contributed by atoms with Crippen LogP contribution >= 0.6 is 0 Å². The zero-order chi connectivity index (χ0) is 13.0. The lowest BCUT2D eigenvalue weighted by Gasteiger charge is -2.39. The van der Waals surface area contributed by atoms with Crippen molar-refractivity contribution in [3.05, 3.63) is 0 Å². The smallest absolute Gasteiger partial charge is 0.307 e. The Kier molecular flexibility index (Phi) is 4.62. The van der Waals surface area contributed by atoms with Gasteiger partial charge >= 0.3 is 5.97 Å². The Balaban J connectivity index is 1.80. The van der Waals surface area contributed by atoms with Crippen molar-refractivity contribution in [3.8, 4) is 0 Å². The number of hydrogen-bond acceptors (Lipinski definition) is 4. The fourth-order valence-corrected chi connectivity index (χ4v) is 3.33. The lowest BCUT2D eigenvalue weighted by atomic mass is 9.88. The third-order valence-corrected chi connectivity index (χ3v) is 4.23. The minimum Gasteiger partial charge on any atom is -0.469 e. The standard InChI is InChI=1S/C14H25NO3/c1-11(9-13(16)17-2)15-12-5-8-18-14(10-12)6-3-4-7-14/h11-12,15H,3-10H2,1-2H3. The number of methoxy groups -OCH3 is 1. The van der Waals surface area contributed by atoms with E-state index in [2.05, 4.69) is 5.32 Å². The van der Waals surface area contributed by atoms with Crippen LogP contribution < -0.4 is 5.32 Å². The molecule has 1 heterocycles. The molecule has 0 amide bonds. The fraction of sp³-hybridized carbons (Fsp3) is 0.929. The van der Waals surface area contributed by atoms with Gasteiger partial charge in [0.2, 0.25) is 0 Å². The molecule has 1 saturated heterocycles. The van der Waals surface area contributed by atoms with Crippen molar-refractivity contribution in [1.29, 1.82) is 0 Å². The molecule has 4 nitrogen and oxygen atoms in total. The maximum atomic E-state index is 11.2. The van der Waals surface area contributed by atoms with Crippen molar-refractivity contribution >= 4 is 5.97 Å². The van der Waals surface area contributed by atoms with Crippen LogP contribution in [0.2, 0.25) is 0 Å². The van der Waals surface area contributed by atoms with E-state index in [9.17, 15) is 4.79 Å². The maximum absolute atomic E-state index is 11.2. The van der Waals surface area contributed by atoms with E-state index in [1.54, 1.807) is 0 Å². The summed E-state index contributed by atoms with van der Waals surface area (Å²) < 4.78 is 10.7. The molecule has 1 aliphatic carbocycles. The first-order valence-corrected chi connectivity index (χ1v) is 7.10. The third kappa shape index (κ3) is 3.45. The lowest BCUT2D eigenvalue weighted by Crippen LogP contribution is -2.48. The topological polar surface area (TPSA) is 47.6 Å². The van der Waals surface area contributed by atoms with Crippen LogP contribution in [0.25, 0.3) is 0 Å². The van der Waals surface area contributed by atoms with Crippen molar-refractivity contribution in [1.82, 2.24) is 5.32 Å². The number of nitrogens with one attached hydrogen (secondary N) is 1. The minimum absolute atomic E-state index is 0.140. The van der Waals surface area contributed by atoms with Gasteiger partial charge in [-0.25, -0.2) is 0 Å². The van der Waals surface area contributed by atoms with Gasteiger partial charge in [-0.05, 0) is 32.6 Å². The summed E-state index contributed by atoms with van der Waals surface area (Å²) in [6, 6.07) is 0.663. The van der Waals surface area contributed by atoms with Gasteiger partial charge in [0.05, 0.1) is 19.1 Å². The number of ether oxygens (including phenoxy) is 2. The molecule has 104 valence electrons. The van der Waals surface area contributed by atoms with Crippen LogP contribution in [0, 0.1) is 0 Å². The molecule has 0 aromatic rings. The van der Waals surface area contributed by atoms with Crippen molar-refractivity contribution < 1.29 is 14.3 Å². The van der Waals surface area contributed by atoms with Crippen LogP contribution in [0.1, 0.15) is 51.9 Å². The first-order chi connectivity index (χ1) is 8.63. The van der Waals surface area contributed by atoms with Crippen LogP contribution in [0.5, 0.6) is 0 Å². The average molecular weight is 255 g/mol. The monoisotopic (exact) mass is 255 g/mol. The second-order valence-corrected chi connectivity index (χ2v) is 5.78. The highest BCUT2D eigenvalue weighted by Gasteiger charge is 2.40. The molecule has 2 unspecified atom stereocenters. The molecule has 0 aromatic heterocycles. The van der Waals surface area contributed by atoms with Crippen molar-refractivity contribution in [2.24, 2.45) is 0 Å². The summed E-state index contributed by atoms with van der Waals surface area (Å²) in [4.78, 5) is 11.2. The zero-order valence-electron chi connectivity index (χ0n) is 11.5.